The topological polar surface area (TPSA) is 237 Å². The third-order valence-electron chi connectivity index (χ3n) is 16.5. The zero-order valence-electron chi connectivity index (χ0n) is 57.9. The molecule has 0 radical (unpaired) electrons. The monoisotopic (exact) mass is 1310 g/mol. The second-order valence-corrected chi connectivity index (χ2v) is 29.4. The SMILES string of the molecule is CCCCCCCCCCCCCCC(=O)O[C@H](COC(=O)CCCCCCCCCC(C)C)COP(=O)(O)OC[C@H](O)COP(=O)(O)OC[C@@H](COC(=O)CCCCCCCCCCCCC(C)C)OC(=O)CCCCCCCCCCCCC(C)CC. The number of esters is 4. The Kier molecular flexibility index (Phi) is 59.6. The van der Waals surface area contributed by atoms with E-state index in [1.807, 2.05) is 0 Å². The first-order valence-corrected chi connectivity index (χ1v) is 39.4. The first-order valence-electron chi connectivity index (χ1n) is 36.4. The number of aliphatic hydroxyl groups excluding tert-OH is 1. The average molecular weight is 1310 g/mol. The second kappa shape index (κ2) is 61.0. The lowest BCUT2D eigenvalue weighted by molar-refractivity contribution is -0.161. The third kappa shape index (κ3) is 63.2. The third-order valence-corrected chi connectivity index (χ3v) is 18.4. The van der Waals surface area contributed by atoms with Gasteiger partial charge in [0.05, 0.1) is 26.4 Å². The van der Waals surface area contributed by atoms with Crippen molar-refractivity contribution in [3.8, 4) is 0 Å². The van der Waals surface area contributed by atoms with Crippen molar-refractivity contribution in [1.29, 1.82) is 0 Å². The van der Waals surface area contributed by atoms with Gasteiger partial charge in [0.2, 0.25) is 0 Å². The number of phosphoric acid groups is 2. The summed E-state index contributed by atoms with van der Waals surface area (Å²) < 4.78 is 68.3. The van der Waals surface area contributed by atoms with Crippen LogP contribution in [0.2, 0.25) is 0 Å². The molecule has 19 heteroatoms. The summed E-state index contributed by atoms with van der Waals surface area (Å²) in [6.45, 7) is 11.8. The molecule has 89 heavy (non-hydrogen) atoms. The minimum Gasteiger partial charge on any atom is -0.462 e. The Balaban J connectivity index is 5.26. The van der Waals surface area contributed by atoms with Crippen LogP contribution in [0.1, 0.15) is 350 Å². The van der Waals surface area contributed by atoms with Crippen molar-refractivity contribution < 1.29 is 80.2 Å². The molecule has 0 saturated heterocycles. The molecule has 3 N–H and O–H groups in total. The van der Waals surface area contributed by atoms with Gasteiger partial charge in [0.25, 0.3) is 0 Å². The van der Waals surface area contributed by atoms with Crippen molar-refractivity contribution >= 4 is 39.5 Å². The molecule has 0 bridgehead atoms. The van der Waals surface area contributed by atoms with Crippen molar-refractivity contribution in [2.45, 2.75) is 369 Å². The average Bonchev–Trinajstić information content (AvgIpc) is 3.62. The van der Waals surface area contributed by atoms with Gasteiger partial charge in [-0.2, -0.15) is 0 Å². The molecule has 6 atom stereocenters. The van der Waals surface area contributed by atoms with E-state index < -0.39 is 97.5 Å². The van der Waals surface area contributed by atoms with E-state index >= 15 is 0 Å². The maximum Gasteiger partial charge on any atom is 0.472 e. The zero-order chi connectivity index (χ0) is 65.9. The van der Waals surface area contributed by atoms with E-state index in [0.717, 1.165) is 108 Å². The van der Waals surface area contributed by atoms with E-state index in [1.54, 1.807) is 0 Å². The molecule has 3 unspecified atom stereocenters. The zero-order valence-corrected chi connectivity index (χ0v) is 59.7. The van der Waals surface area contributed by atoms with Crippen molar-refractivity contribution in [2.24, 2.45) is 17.8 Å². The summed E-state index contributed by atoms with van der Waals surface area (Å²) in [6, 6.07) is 0. The van der Waals surface area contributed by atoms with Crippen molar-refractivity contribution in [2.75, 3.05) is 39.6 Å². The maximum absolute atomic E-state index is 13.0. The van der Waals surface area contributed by atoms with Crippen LogP contribution in [0.3, 0.4) is 0 Å². The summed E-state index contributed by atoms with van der Waals surface area (Å²) in [5.74, 6) is 0.141. The predicted molar refractivity (Wildman–Crippen MR) is 358 cm³/mol. The van der Waals surface area contributed by atoms with Crippen molar-refractivity contribution in [1.82, 2.24) is 0 Å². The molecule has 528 valence electrons. The Morgan fingerprint density at radius 1 is 0.326 bits per heavy atom. The van der Waals surface area contributed by atoms with Gasteiger partial charge in [-0.1, -0.05) is 299 Å². The van der Waals surface area contributed by atoms with E-state index in [-0.39, 0.29) is 25.7 Å². The van der Waals surface area contributed by atoms with Crippen LogP contribution in [0, 0.1) is 17.8 Å². The molecular weight excluding hydrogens is 1170 g/mol. The molecule has 0 aromatic heterocycles. The van der Waals surface area contributed by atoms with E-state index in [4.69, 9.17) is 37.0 Å². The van der Waals surface area contributed by atoms with Gasteiger partial charge in [0, 0.05) is 25.7 Å². The summed E-state index contributed by atoms with van der Waals surface area (Å²) in [7, 11) is -9.90. The number of unbranched alkanes of at least 4 members (excludes halogenated alkanes) is 35. The largest absolute Gasteiger partial charge is 0.472 e. The number of carbonyl (C=O) groups is 4. The number of aliphatic hydroxyl groups is 1. The van der Waals surface area contributed by atoms with Crippen molar-refractivity contribution in [3.05, 3.63) is 0 Å². The molecule has 0 aromatic rings. The standard InChI is InChI=1S/C70H136O17P2/c1-8-10-11-12-13-14-15-16-24-31-39-46-53-69(74)87-66(58-81-68(73)52-45-38-33-26-28-35-42-49-62(5)6)60-85-89(78,79)83-56-64(71)55-82-88(76,77)84-59-65(57-80-67(72)51-44-37-30-23-19-17-21-27-34-41-48-61(3)4)86-70(75)54-47-40-32-25-20-18-22-29-36-43-50-63(7)9-2/h61-66,71H,8-60H2,1-7H3,(H,76,77)(H,78,79)/t63?,64-,65-,66-/m1/s1. The van der Waals surface area contributed by atoms with Crippen LogP contribution in [0.4, 0.5) is 0 Å². The summed E-state index contributed by atoms with van der Waals surface area (Å²) in [4.78, 5) is 72.5. The second-order valence-electron chi connectivity index (χ2n) is 26.5. The predicted octanol–water partition coefficient (Wildman–Crippen LogP) is 19.8. The molecule has 0 aliphatic carbocycles. The molecular formula is C70H136O17P2. The highest BCUT2D eigenvalue weighted by Gasteiger charge is 2.30. The molecule has 0 heterocycles. The number of hydrogen-bond acceptors (Lipinski definition) is 15. The summed E-state index contributed by atoms with van der Waals surface area (Å²) >= 11 is 0. The van der Waals surface area contributed by atoms with E-state index in [0.29, 0.717) is 31.6 Å². The van der Waals surface area contributed by atoms with Gasteiger partial charge in [-0.3, -0.25) is 37.3 Å². The van der Waals surface area contributed by atoms with Gasteiger partial charge in [0.1, 0.15) is 19.3 Å². The Morgan fingerprint density at radius 2 is 0.573 bits per heavy atom. The number of ether oxygens (including phenoxy) is 4. The highest BCUT2D eigenvalue weighted by atomic mass is 31.2. The van der Waals surface area contributed by atoms with Crippen LogP contribution in [-0.2, 0) is 65.4 Å². The van der Waals surface area contributed by atoms with Crippen LogP contribution in [-0.4, -0.2) is 96.7 Å². The Hall–Kier alpha value is -1.94. The number of phosphoric ester groups is 2. The van der Waals surface area contributed by atoms with Crippen LogP contribution < -0.4 is 0 Å². The normalized spacial score (nSPS) is 14.5. The van der Waals surface area contributed by atoms with E-state index in [1.165, 1.54) is 154 Å². The minimum atomic E-state index is -4.95. The quantitative estimate of drug-likeness (QED) is 0.0222. The fraction of sp³-hybridized carbons (Fsp3) is 0.943. The van der Waals surface area contributed by atoms with Gasteiger partial charge in [-0.25, -0.2) is 9.13 Å². The summed E-state index contributed by atoms with van der Waals surface area (Å²) in [5, 5.41) is 10.6. The fourth-order valence-electron chi connectivity index (χ4n) is 10.5. The van der Waals surface area contributed by atoms with E-state index in [9.17, 15) is 43.2 Å². The van der Waals surface area contributed by atoms with Gasteiger partial charge in [-0.05, 0) is 43.4 Å². The molecule has 0 rings (SSSR count). The highest BCUT2D eigenvalue weighted by molar-refractivity contribution is 7.47. The van der Waals surface area contributed by atoms with Gasteiger partial charge in [-0.15, -0.1) is 0 Å². The minimum absolute atomic E-state index is 0.106. The van der Waals surface area contributed by atoms with E-state index in [2.05, 4.69) is 48.5 Å². The Bertz CT molecular complexity index is 1750. The van der Waals surface area contributed by atoms with Crippen molar-refractivity contribution in [3.63, 3.8) is 0 Å². The number of rotatable bonds is 68. The molecule has 0 aliphatic heterocycles. The van der Waals surface area contributed by atoms with Gasteiger partial charge in [0.15, 0.2) is 12.2 Å². The van der Waals surface area contributed by atoms with Gasteiger partial charge >= 0.3 is 39.5 Å². The van der Waals surface area contributed by atoms with Gasteiger partial charge < -0.3 is 33.8 Å². The summed E-state index contributed by atoms with van der Waals surface area (Å²) in [6.07, 6.45) is 44.3. The first-order chi connectivity index (χ1) is 42.8. The molecule has 0 aliphatic rings. The highest BCUT2D eigenvalue weighted by Crippen LogP contribution is 2.45. The van der Waals surface area contributed by atoms with Crippen LogP contribution >= 0.6 is 15.6 Å². The molecule has 0 aromatic carbocycles. The number of carbonyl (C=O) groups excluding carboxylic acids is 4. The maximum atomic E-state index is 13.0. The smallest absolute Gasteiger partial charge is 0.462 e. The molecule has 0 spiro atoms. The lowest BCUT2D eigenvalue weighted by Gasteiger charge is -2.21. The Morgan fingerprint density at radius 3 is 0.854 bits per heavy atom. The molecule has 0 saturated carbocycles. The van der Waals surface area contributed by atoms with Crippen LogP contribution in [0.5, 0.6) is 0 Å². The molecule has 0 fully saturated rings. The summed E-state index contributed by atoms with van der Waals surface area (Å²) in [5.41, 5.74) is 0. The number of hydrogen-bond donors (Lipinski definition) is 3. The molecule has 17 nitrogen and oxygen atoms in total. The fourth-order valence-corrected chi connectivity index (χ4v) is 12.1. The van der Waals surface area contributed by atoms with Crippen LogP contribution in [0.15, 0.2) is 0 Å². The Labute approximate surface area is 543 Å². The molecule has 0 amide bonds. The lowest BCUT2D eigenvalue weighted by atomic mass is 9.99. The first kappa shape index (κ1) is 87.1. The van der Waals surface area contributed by atoms with Crippen LogP contribution in [0.25, 0.3) is 0 Å². The lowest BCUT2D eigenvalue weighted by Crippen LogP contribution is -2.30.